The highest BCUT2D eigenvalue weighted by Gasteiger charge is 2.25. The molecular formula is C13H23N3O2. The lowest BCUT2D eigenvalue weighted by Gasteiger charge is -2.22. The van der Waals surface area contributed by atoms with Crippen molar-refractivity contribution in [2.45, 2.75) is 45.8 Å². The number of rotatable bonds is 5. The maximum Gasteiger partial charge on any atom is 0.0644 e. The van der Waals surface area contributed by atoms with Gasteiger partial charge in [-0.15, -0.1) is 0 Å². The van der Waals surface area contributed by atoms with Crippen molar-refractivity contribution in [3.63, 3.8) is 0 Å². The number of aryl methyl sites for hydroxylation is 1. The second-order valence-electron chi connectivity index (χ2n) is 5.05. The Labute approximate surface area is 108 Å². The maximum absolute atomic E-state index is 9.35. The van der Waals surface area contributed by atoms with E-state index in [4.69, 9.17) is 5.11 Å². The smallest absolute Gasteiger partial charge is 0.0644 e. The van der Waals surface area contributed by atoms with Crippen LogP contribution >= 0.6 is 0 Å². The van der Waals surface area contributed by atoms with E-state index in [0.29, 0.717) is 12.6 Å². The Morgan fingerprint density at radius 1 is 1.33 bits per heavy atom. The summed E-state index contributed by atoms with van der Waals surface area (Å²) < 4.78 is 1.87. The summed E-state index contributed by atoms with van der Waals surface area (Å²) in [5.74, 6) is 0. The highest BCUT2D eigenvalue weighted by Crippen LogP contribution is 2.22. The molecule has 0 bridgehead atoms. The molecule has 0 amide bonds. The monoisotopic (exact) mass is 253 g/mol. The van der Waals surface area contributed by atoms with Crippen LogP contribution in [0.2, 0.25) is 0 Å². The third kappa shape index (κ3) is 2.58. The Morgan fingerprint density at radius 3 is 2.78 bits per heavy atom. The predicted octanol–water partition coefficient (Wildman–Crippen LogP) is 0.449. The van der Waals surface area contributed by atoms with Gasteiger partial charge in [-0.3, -0.25) is 9.58 Å². The third-order valence-electron chi connectivity index (χ3n) is 3.91. The normalized spacial score (nSPS) is 20.8. The molecule has 5 nitrogen and oxygen atoms in total. The largest absolute Gasteiger partial charge is 0.395 e. The zero-order valence-electron chi connectivity index (χ0n) is 11.3. The lowest BCUT2D eigenvalue weighted by atomic mass is 10.1. The number of hydrogen-bond donors (Lipinski definition) is 2. The van der Waals surface area contributed by atoms with E-state index in [2.05, 4.69) is 16.9 Å². The van der Waals surface area contributed by atoms with Gasteiger partial charge in [-0.05, 0) is 33.2 Å². The van der Waals surface area contributed by atoms with Gasteiger partial charge in [0.05, 0.1) is 25.5 Å². The van der Waals surface area contributed by atoms with Crippen LogP contribution in [0.5, 0.6) is 0 Å². The fraction of sp³-hybridized carbons (Fsp3) is 0.769. The molecule has 1 fully saturated rings. The molecule has 5 heteroatoms. The molecule has 1 atom stereocenters. The van der Waals surface area contributed by atoms with E-state index < -0.39 is 0 Å². The molecule has 1 saturated heterocycles. The van der Waals surface area contributed by atoms with Gasteiger partial charge in [-0.2, -0.15) is 5.10 Å². The summed E-state index contributed by atoms with van der Waals surface area (Å²) >= 11 is 0. The van der Waals surface area contributed by atoms with Gasteiger partial charge in [0.25, 0.3) is 0 Å². The zero-order chi connectivity index (χ0) is 13.1. The molecule has 1 aliphatic heterocycles. The molecule has 2 rings (SSSR count). The Morgan fingerprint density at radius 2 is 2.11 bits per heavy atom. The Balaban J connectivity index is 2.13. The van der Waals surface area contributed by atoms with Gasteiger partial charge >= 0.3 is 0 Å². The van der Waals surface area contributed by atoms with Crippen LogP contribution < -0.4 is 0 Å². The van der Waals surface area contributed by atoms with Crippen molar-refractivity contribution >= 4 is 0 Å². The molecule has 2 heterocycles. The number of nitrogens with zero attached hydrogens (tertiary/aromatic N) is 3. The minimum absolute atomic E-state index is 0.115. The summed E-state index contributed by atoms with van der Waals surface area (Å²) in [6.07, 6.45) is 2.24. The summed E-state index contributed by atoms with van der Waals surface area (Å²) in [6.45, 7) is 6.88. The second-order valence-corrected chi connectivity index (χ2v) is 5.05. The van der Waals surface area contributed by atoms with Crippen LogP contribution in [-0.2, 0) is 13.1 Å². The first-order valence-electron chi connectivity index (χ1n) is 6.66. The van der Waals surface area contributed by atoms with Crippen molar-refractivity contribution in [1.82, 2.24) is 14.7 Å². The standard InChI is InChI=1S/C13H23N3O2/c1-10-13(11(2)16(14-10)6-7-17)8-15-5-3-4-12(15)9-18/h12,17-18H,3-9H2,1-2H3/t12-/m1/s1. The molecule has 0 spiro atoms. The van der Waals surface area contributed by atoms with E-state index >= 15 is 0 Å². The van der Waals surface area contributed by atoms with Crippen LogP contribution in [0.1, 0.15) is 29.8 Å². The summed E-state index contributed by atoms with van der Waals surface area (Å²) in [5.41, 5.74) is 3.40. The topological polar surface area (TPSA) is 61.5 Å². The van der Waals surface area contributed by atoms with E-state index in [1.807, 2.05) is 11.6 Å². The van der Waals surface area contributed by atoms with Gasteiger partial charge in [-0.1, -0.05) is 0 Å². The van der Waals surface area contributed by atoms with E-state index in [1.54, 1.807) is 0 Å². The second kappa shape index (κ2) is 5.82. The summed E-state index contributed by atoms with van der Waals surface area (Å²) in [4.78, 5) is 2.33. The van der Waals surface area contributed by atoms with Gasteiger partial charge in [0.2, 0.25) is 0 Å². The summed E-state index contributed by atoms with van der Waals surface area (Å²) in [5, 5.41) is 22.8. The first-order chi connectivity index (χ1) is 8.67. The van der Waals surface area contributed by atoms with Crippen LogP contribution in [0, 0.1) is 13.8 Å². The highest BCUT2D eigenvalue weighted by atomic mass is 16.3. The number of hydrogen-bond acceptors (Lipinski definition) is 4. The molecule has 0 unspecified atom stereocenters. The average molecular weight is 253 g/mol. The molecule has 0 radical (unpaired) electrons. The number of aliphatic hydroxyl groups excluding tert-OH is 2. The molecule has 1 aromatic rings. The molecule has 0 saturated carbocycles. The van der Waals surface area contributed by atoms with Crippen molar-refractivity contribution in [3.05, 3.63) is 17.0 Å². The summed E-state index contributed by atoms with van der Waals surface area (Å²) in [6, 6.07) is 0.296. The van der Waals surface area contributed by atoms with Crippen molar-refractivity contribution in [2.24, 2.45) is 0 Å². The number of aliphatic hydroxyl groups is 2. The highest BCUT2D eigenvalue weighted by molar-refractivity contribution is 5.24. The minimum atomic E-state index is 0.115. The maximum atomic E-state index is 9.35. The van der Waals surface area contributed by atoms with E-state index in [-0.39, 0.29) is 13.2 Å². The molecule has 2 N–H and O–H groups in total. The van der Waals surface area contributed by atoms with Crippen LogP contribution in [0.15, 0.2) is 0 Å². The van der Waals surface area contributed by atoms with Gasteiger partial charge in [0.1, 0.15) is 0 Å². The minimum Gasteiger partial charge on any atom is -0.395 e. The zero-order valence-corrected chi connectivity index (χ0v) is 11.3. The number of likely N-dealkylation sites (tertiary alicyclic amines) is 1. The molecular weight excluding hydrogens is 230 g/mol. The van der Waals surface area contributed by atoms with Gasteiger partial charge in [-0.25, -0.2) is 0 Å². The van der Waals surface area contributed by atoms with E-state index in [1.165, 1.54) is 5.56 Å². The quantitative estimate of drug-likeness (QED) is 0.800. The van der Waals surface area contributed by atoms with Gasteiger partial charge in [0.15, 0.2) is 0 Å². The van der Waals surface area contributed by atoms with Crippen molar-refractivity contribution < 1.29 is 10.2 Å². The first-order valence-corrected chi connectivity index (χ1v) is 6.66. The van der Waals surface area contributed by atoms with E-state index in [0.717, 1.165) is 37.3 Å². The van der Waals surface area contributed by atoms with Crippen molar-refractivity contribution in [2.75, 3.05) is 19.8 Å². The van der Waals surface area contributed by atoms with Gasteiger partial charge < -0.3 is 10.2 Å². The molecule has 1 aliphatic rings. The fourth-order valence-corrected chi connectivity index (χ4v) is 2.79. The Bertz CT molecular complexity index is 403. The van der Waals surface area contributed by atoms with Crippen LogP contribution in [-0.4, -0.2) is 50.7 Å². The third-order valence-corrected chi connectivity index (χ3v) is 3.91. The van der Waals surface area contributed by atoms with Crippen LogP contribution in [0.4, 0.5) is 0 Å². The summed E-state index contributed by atoms with van der Waals surface area (Å²) in [7, 11) is 0. The molecule has 0 aromatic carbocycles. The first kappa shape index (κ1) is 13.5. The van der Waals surface area contributed by atoms with Gasteiger partial charge in [0, 0.05) is 23.8 Å². The molecule has 102 valence electrons. The van der Waals surface area contributed by atoms with Crippen molar-refractivity contribution in [3.8, 4) is 0 Å². The Hall–Kier alpha value is -0.910. The SMILES string of the molecule is Cc1nn(CCO)c(C)c1CN1CCC[C@@H]1CO. The van der Waals surface area contributed by atoms with Crippen LogP contribution in [0.25, 0.3) is 0 Å². The lowest BCUT2D eigenvalue weighted by Crippen LogP contribution is -2.32. The predicted molar refractivity (Wildman–Crippen MR) is 69.3 cm³/mol. The van der Waals surface area contributed by atoms with Crippen LogP contribution in [0.3, 0.4) is 0 Å². The molecule has 18 heavy (non-hydrogen) atoms. The lowest BCUT2D eigenvalue weighted by molar-refractivity contribution is 0.153. The molecule has 1 aromatic heterocycles. The fourth-order valence-electron chi connectivity index (χ4n) is 2.79. The van der Waals surface area contributed by atoms with E-state index in [9.17, 15) is 5.11 Å². The molecule has 0 aliphatic carbocycles. The Kier molecular flexibility index (Phi) is 4.37. The van der Waals surface area contributed by atoms with Crippen molar-refractivity contribution in [1.29, 1.82) is 0 Å². The average Bonchev–Trinajstić information content (AvgIpc) is 2.90. The number of aromatic nitrogens is 2.